The number of aryl methyl sites for hydroxylation is 1. The lowest BCUT2D eigenvalue weighted by Crippen LogP contribution is -2.36. The lowest BCUT2D eigenvalue weighted by molar-refractivity contribution is -1.41. The van der Waals surface area contributed by atoms with E-state index in [1.807, 2.05) is 18.2 Å². The molecule has 1 aromatic heterocycles. The minimum Gasteiger partial charge on any atom is -0.585 e. The summed E-state index contributed by atoms with van der Waals surface area (Å²) in [5, 5.41) is 3.56. The number of nitrogens with two attached hydrogens (primary N) is 2. The van der Waals surface area contributed by atoms with E-state index in [1.165, 1.54) is 27.4 Å². The quantitative estimate of drug-likeness (QED) is 0.290. The molecule has 0 spiro atoms. The van der Waals surface area contributed by atoms with E-state index in [0.29, 0.717) is 0 Å². The zero-order valence-corrected chi connectivity index (χ0v) is 16.4. The van der Waals surface area contributed by atoms with Gasteiger partial charge in [-0.05, 0) is 43.3 Å². The number of rotatable bonds is 2. The van der Waals surface area contributed by atoms with E-state index in [4.69, 9.17) is 19.9 Å². The smallest absolute Gasteiger partial charge is 0.220 e. The van der Waals surface area contributed by atoms with E-state index >= 15 is 0 Å². The summed E-state index contributed by atoms with van der Waals surface area (Å²) in [5.74, 6) is 0. The fourth-order valence-corrected chi connectivity index (χ4v) is 3.49. The van der Waals surface area contributed by atoms with Crippen LogP contribution < -0.4 is 24.4 Å². The van der Waals surface area contributed by atoms with Crippen molar-refractivity contribution in [2.24, 2.45) is 0 Å². The van der Waals surface area contributed by atoms with Gasteiger partial charge in [0.05, 0.1) is 10.8 Å². The van der Waals surface area contributed by atoms with Gasteiger partial charge in [-0.25, -0.2) is 0 Å². The molecule has 4 rings (SSSR count). The van der Waals surface area contributed by atoms with Crippen molar-refractivity contribution < 1.29 is 28.5 Å². The lowest BCUT2D eigenvalue weighted by atomic mass is 9.98. The number of anilines is 2. The summed E-state index contributed by atoms with van der Waals surface area (Å²) >= 11 is -1.44. The van der Waals surface area contributed by atoms with Crippen LogP contribution in [0.3, 0.4) is 0 Å². The molecule has 5 nitrogen and oxygen atoms in total. The molecular weight excluding hydrogens is 406 g/mol. The summed E-state index contributed by atoms with van der Waals surface area (Å²) in [6.07, 6.45) is 0. The van der Waals surface area contributed by atoms with Gasteiger partial charge in [0.1, 0.15) is 6.54 Å². The highest BCUT2D eigenvalue weighted by molar-refractivity contribution is 6.10. The standard InChI is InChI=1S/C21H19N3.BrO2/c1-2-24-20-13-16(23)9-11-18(20)17-10-8-15(22)12-19(17)21(24)14-6-4-3-5-7-14;2-1-3/h3-13,23H,2,22H2,1H3;/q;-1/p+1. The van der Waals surface area contributed by atoms with Crippen LogP contribution in [0.15, 0.2) is 66.7 Å². The van der Waals surface area contributed by atoms with E-state index in [9.17, 15) is 0 Å². The van der Waals surface area contributed by atoms with Crippen molar-refractivity contribution in [3.8, 4) is 11.3 Å². The molecule has 0 unspecified atom stereocenters. The third kappa shape index (κ3) is 3.73. The summed E-state index contributed by atoms with van der Waals surface area (Å²) < 4.78 is 19.1. The van der Waals surface area contributed by atoms with E-state index in [-0.39, 0.29) is 0 Å². The maximum Gasteiger partial charge on any atom is 0.220 e. The third-order valence-corrected chi connectivity index (χ3v) is 4.53. The van der Waals surface area contributed by atoms with Crippen LogP contribution in [0.2, 0.25) is 0 Å². The van der Waals surface area contributed by atoms with Gasteiger partial charge < -0.3 is 19.9 Å². The highest BCUT2D eigenvalue weighted by atomic mass is 79.9. The van der Waals surface area contributed by atoms with Crippen molar-refractivity contribution >= 4 is 33.1 Å². The lowest BCUT2D eigenvalue weighted by Gasteiger charge is -2.12. The number of benzene rings is 3. The Kier molecular flexibility index (Phi) is 5.91. The second-order valence-corrected chi connectivity index (χ2v) is 6.37. The summed E-state index contributed by atoms with van der Waals surface area (Å²) in [4.78, 5) is 0. The zero-order valence-electron chi connectivity index (χ0n) is 14.9. The second kappa shape index (κ2) is 8.35. The fourth-order valence-electron chi connectivity index (χ4n) is 3.49. The summed E-state index contributed by atoms with van der Waals surface area (Å²) in [7, 11) is 0. The molecule has 1 heterocycles. The topological polar surface area (TPSA) is 102 Å². The van der Waals surface area contributed by atoms with Crippen LogP contribution in [0.4, 0.5) is 11.4 Å². The minimum atomic E-state index is -1.44. The van der Waals surface area contributed by atoms with E-state index in [2.05, 4.69) is 60.0 Å². The van der Waals surface area contributed by atoms with E-state index < -0.39 is 15.5 Å². The highest BCUT2D eigenvalue weighted by Gasteiger charge is 2.22. The summed E-state index contributed by atoms with van der Waals surface area (Å²) in [6.45, 7) is 3.02. The molecule has 3 aromatic carbocycles. The molecule has 0 aliphatic rings. The average Bonchev–Trinajstić information content (AvgIpc) is 2.68. The van der Waals surface area contributed by atoms with Crippen LogP contribution in [0.5, 0.6) is 0 Å². The van der Waals surface area contributed by atoms with Crippen LogP contribution in [0.1, 0.15) is 6.92 Å². The van der Waals surface area contributed by atoms with Gasteiger partial charge in [0.25, 0.3) is 0 Å². The molecule has 0 amide bonds. The predicted octanol–water partition coefficient (Wildman–Crippen LogP) is 1.75. The average molecular weight is 426 g/mol. The Morgan fingerprint density at radius 2 is 1.41 bits per heavy atom. The molecule has 0 saturated carbocycles. The third-order valence-electron chi connectivity index (χ3n) is 4.53. The molecule has 27 heavy (non-hydrogen) atoms. The zero-order chi connectivity index (χ0) is 19.4. The summed E-state index contributed by atoms with van der Waals surface area (Å²) in [5.41, 5.74) is 17.2. The number of hydrogen-bond donors (Lipinski definition) is 2. The Morgan fingerprint density at radius 3 is 2.04 bits per heavy atom. The molecule has 6 heteroatoms. The molecule has 0 aliphatic heterocycles. The van der Waals surface area contributed by atoms with Crippen molar-refractivity contribution in [3.05, 3.63) is 66.7 Å². The number of fused-ring (bicyclic) bond motifs is 3. The molecule has 0 aliphatic carbocycles. The van der Waals surface area contributed by atoms with Crippen molar-refractivity contribution in [1.82, 2.24) is 0 Å². The SMILES string of the molecule is CC[n+]1c(-c2ccccc2)c2cc(N)ccc2c2ccc(N)cc21.[O-][Br+][O-]. The first-order valence-corrected chi connectivity index (χ1v) is 9.79. The van der Waals surface area contributed by atoms with Crippen molar-refractivity contribution in [2.75, 3.05) is 11.5 Å². The Balaban J connectivity index is 0.000000659. The maximum absolute atomic E-state index is 8.41. The predicted molar refractivity (Wildman–Crippen MR) is 102 cm³/mol. The molecule has 0 bridgehead atoms. The van der Waals surface area contributed by atoms with Gasteiger partial charge in [0, 0.05) is 28.4 Å². The molecule has 0 saturated heterocycles. The maximum atomic E-state index is 8.41. The van der Waals surface area contributed by atoms with Gasteiger partial charge in [-0.2, -0.15) is 4.57 Å². The van der Waals surface area contributed by atoms with E-state index in [0.717, 1.165) is 23.4 Å². The number of nitrogens with zero attached hydrogens (tertiary/aromatic N) is 1. The summed E-state index contributed by atoms with van der Waals surface area (Å²) in [6, 6.07) is 22.7. The largest absolute Gasteiger partial charge is 0.585 e. The number of nitrogen functional groups attached to an aromatic ring is 2. The monoisotopic (exact) mass is 425 g/mol. The van der Waals surface area contributed by atoms with Gasteiger partial charge in [0.2, 0.25) is 11.2 Å². The molecule has 0 radical (unpaired) electrons. The van der Waals surface area contributed by atoms with Crippen LogP contribution in [0.25, 0.3) is 32.9 Å². The number of hydrogen-bond acceptors (Lipinski definition) is 4. The molecule has 0 atom stereocenters. The first-order valence-electron chi connectivity index (χ1n) is 8.49. The van der Waals surface area contributed by atoms with Gasteiger partial charge in [-0.1, -0.05) is 24.3 Å². The molecule has 4 aromatic rings. The highest BCUT2D eigenvalue weighted by Crippen LogP contribution is 2.33. The molecule has 4 N–H and O–H groups in total. The van der Waals surface area contributed by atoms with Gasteiger partial charge >= 0.3 is 0 Å². The number of halogens is 1. The molecule has 138 valence electrons. The molecular formula is C21H20BrN3O2. The Labute approximate surface area is 164 Å². The first kappa shape index (κ1) is 19.1. The van der Waals surface area contributed by atoms with Gasteiger partial charge in [0.15, 0.2) is 15.5 Å². The number of aromatic nitrogens is 1. The van der Waals surface area contributed by atoms with E-state index in [1.54, 1.807) is 0 Å². The van der Waals surface area contributed by atoms with Crippen molar-refractivity contribution in [3.63, 3.8) is 0 Å². The van der Waals surface area contributed by atoms with Crippen molar-refractivity contribution in [2.45, 2.75) is 13.5 Å². The second-order valence-electron chi connectivity index (χ2n) is 6.10. The number of pyridine rings is 1. The molecule has 0 fully saturated rings. The van der Waals surface area contributed by atoms with Crippen molar-refractivity contribution in [1.29, 1.82) is 0 Å². The van der Waals surface area contributed by atoms with Crippen LogP contribution in [-0.2, 0) is 6.54 Å². The van der Waals surface area contributed by atoms with Crippen LogP contribution in [0, 0.1) is 15.5 Å². The first-order chi connectivity index (χ1) is 13.1. The van der Waals surface area contributed by atoms with Gasteiger partial charge in [-0.15, -0.1) is 0 Å². The van der Waals surface area contributed by atoms with Crippen LogP contribution in [-0.4, -0.2) is 0 Å². The van der Waals surface area contributed by atoms with Gasteiger partial charge in [-0.3, -0.25) is 0 Å². The fraction of sp³-hybridized carbons (Fsp3) is 0.0952. The Morgan fingerprint density at radius 1 is 0.815 bits per heavy atom. The Bertz CT molecular complexity index is 1090. The normalized spacial score (nSPS) is 10.6. The van der Waals surface area contributed by atoms with Crippen LogP contribution >= 0.6 is 0 Å². The Hall–Kier alpha value is -2.67. The minimum absolute atomic E-state index is 0.775.